The van der Waals surface area contributed by atoms with E-state index in [1.165, 1.54) is 0 Å². The molecule has 3 nitrogen and oxygen atoms in total. The average Bonchev–Trinajstić information content (AvgIpc) is 2.28. The third-order valence-electron chi connectivity index (χ3n) is 2.21. The second-order valence-corrected chi connectivity index (χ2v) is 3.58. The van der Waals surface area contributed by atoms with Gasteiger partial charge in [-0.05, 0) is 37.1 Å². The summed E-state index contributed by atoms with van der Waals surface area (Å²) in [5.74, 6) is -0.137. The normalized spacial score (nSPS) is 12.6. The molecule has 0 aliphatic rings. The summed E-state index contributed by atoms with van der Waals surface area (Å²) in [6.07, 6.45) is 3.82. The second-order valence-electron chi connectivity index (χ2n) is 3.58. The van der Waals surface area contributed by atoms with Crippen molar-refractivity contribution >= 4 is 12.0 Å². The predicted octanol–water partition coefficient (Wildman–Crippen LogP) is 2.96. The van der Waals surface area contributed by atoms with E-state index < -0.39 is 5.97 Å². The molecule has 86 valence electrons. The molecule has 1 aromatic rings. The van der Waals surface area contributed by atoms with Crippen molar-refractivity contribution in [1.82, 2.24) is 0 Å². The summed E-state index contributed by atoms with van der Waals surface area (Å²) in [4.78, 5) is 10.3. The molecule has 0 radical (unpaired) electrons. The molecule has 0 bridgehead atoms. The average molecular weight is 220 g/mol. The van der Waals surface area contributed by atoms with E-state index in [0.717, 1.165) is 23.8 Å². The summed E-state index contributed by atoms with van der Waals surface area (Å²) in [5.41, 5.74) is 0.846. The van der Waals surface area contributed by atoms with Crippen molar-refractivity contribution in [2.75, 3.05) is 0 Å². The van der Waals surface area contributed by atoms with Crippen molar-refractivity contribution in [2.45, 2.75) is 26.4 Å². The molecule has 0 amide bonds. The summed E-state index contributed by atoms with van der Waals surface area (Å²) in [7, 11) is 0. The molecule has 0 aliphatic carbocycles. The van der Waals surface area contributed by atoms with Crippen LogP contribution in [0.2, 0.25) is 0 Å². The molecule has 1 aromatic carbocycles. The van der Waals surface area contributed by atoms with Crippen molar-refractivity contribution in [1.29, 1.82) is 0 Å². The standard InChI is InChI=1S/C13H16O3/c1-3-10(2)16-12-7-4-11(5-8-12)6-9-13(14)15/h4-10H,3H2,1-2H3,(H,14,15)/b9-6+. The Kier molecular flexibility index (Phi) is 4.58. The van der Waals surface area contributed by atoms with Gasteiger partial charge in [0.2, 0.25) is 0 Å². The molecule has 3 heteroatoms. The number of rotatable bonds is 5. The molecule has 0 aromatic heterocycles. The first-order valence-electron chi connectivity index (χ1n) is 5.29. The highest BCUT2D eigenvalue weighted by Crippen LogP contribution is 2.15. The molecule has 0 aliphatic heterocycles. The number of benzene rings is 1. The summed E-state index contributed by atoms with van der Waals surface area (Å²) in [6.45, 7) is 4.08. The van der Waals surface area contributed by atoms with Gasteiger partial charge >= 0.3 is 5.97 Å². The van der Waals surface area contributed by atoms with E-state index in [4.69, 9.17) is 9.84 Å². The van der Waals surface area contributed by atoms with E-state index >= 15 is 0 Å². The highest BCUT2D eigenvalue weighted by atomic mass is 16.5. The zero-order chi connectivity index (χ0) is 12.0. The van der Waals surface area contributed by atoms with Crippen molar-refractivity contribution in [3.05, 3.63) is 35.9 Å². The second kappa shape index (κ2) is 5.95. The van der Waals surface area contributed by atoms with E-state index in [0.29, 0.717) is 0 Å². The number of hydrogen-bond acceptors (Lipinski definition) is 2. The van der Waals surface area contributed by atoms with Gasteiger partial charge in [0.25, 0.3) is 0 Å². The minimum absolute atomic E-state index is 0.195. The number of carbonyl (C=O) groups is 1. The molecule has 0 fully saturated rings. The Bertz CT molecular complexity index is 365. The van der Waals surface area contributed by atoms with Crippen LogP contribution >= 0.6 is 0 Å². The lowest BCUT2D eigenvalue weighted by Crippen LogP contribution is -2.09. The van der Waals surface area contributed by atoms with Gasteiger partial charge in [0.05, 0.1) is 6.10 Å². The molecule has 0 spiro atoms. The Morgan fingerprint density at radius 1 is 1.44 bits per heavy atom. The topological polar surface area (TPSA) is 46.5 Å². The van der Waals surface area contributed by atoms with E-state index in [1.54, 1.807) is 6.08 Å². The summed E-state index contributed by atoms with van der Waals surface area (Å²) in [6, 6.07) is 7.34. The van der Waals surface area contributed by atoms with Gasteiger partial charge in [0, 0.05) is 6.08 Å². The zero-order valence-corrected chi connectivity index (χ0v) is 9.51. The van der Waals surface area contributed by atoms with E-state index in [-0.39, 0.29) is 6.10 Å². The zero-order valence-electron chi connectivity index (χ0n) is 9.51. The molecule has 16 heavy (non-hydrogen) atoms. The van der Waals surface area contributed by atoms with Crippen LogP contribution < -0.4 is 4.74 Å². The largest absolute Gasteiger partial charge is 0.491 e. The fourth-order valence-electron chi connectivity index (χ4n) is 1.14. The third-order valence-corrected chi connectivity index (χ3v) is 2.21. The lowest BCUT2D eigenvalue weighted by atomic mass is 10.2. The molecule has 0 saturated heterocycles. The first-order valence-corrected chi connectivity index (χ1v) is 5.29. The van der Waals surface area contributed by atoms with E-state index in [1.807, 2.05) is 31.2 Å². The van der Waals surface area contributed by atoms with Crippen LogP contribution in [0, 0.1) is 0 Å². The van der Waals surface area contributed by atoms with Crippen molar-refractivity contribution in [3.8, 4) is 5.75 Å². The minimum Gasteiger partial charge on any atom is -0.491 e. The monoisotopic (exact) mass is 220 g/mol. The van der Waals surface area contributed by atoms with Crippen LogP contribution in [-0.4, -0.2) is 17.2 Å². The van der Waals surface area contributed by atoms with Gasteiger partial charge in [-0.25, -0.2) is 4.79 Å². The summed E-state index contributed by atoms with van der Waals surface area (Å²) in [5, 5.41) is 8.47. The Labute approximate surface area is 95.4 Å². The number of ether oxygens (including phenoxy) is 1. The lowest BCUT2D eigenvalue weighted by molar-refractivity contribution is -0.131. The summed E-state index contributed by atoms with van der Waals surface area (Å²) >= 11 is 0. The number of hydrogen-bond donors (Lipinski definition) is 1. The van der Waals surface area contributed by atoms with Gasteiger partial charge in [0.1, 0.15) is 5.75 Å². The van der Waals surface area contributed by atoms with Gasteiger partial charge < -0.3 is 9.84 Å². The Hall–Kier alpha value is -1.77. The maximum atomic E-state index is 10.3. The Balaban J connectivity index is 2.64. The van der Waals surface area contributed by atoms with Gasteiger partial charge in [-0.3, -0.25) is 0 Å². The van der Waals surface area contributed by atoms with Crippen molar-refractivity contribution in [2.24, 2.45) is 0 Å². The molecular weight excluding hydrogens is 204 g/mol. The van der Waals surface area contributed by atoms with Gasteiger partial charge in [-0.15, -0.1) is 0 Å². The predicted molar refractivity (Wildman–Crippen MR) is 63.5 cm³/mol. The smallest absolute Gasteiger partial charge is 0.328 e. The Morgan fingerprint density at radius 3 is 2.56 bits per heavy atom. The van der Waals surface area contributed by atoms with Crippen LogP contribution in [0.4, 0.5) is 0 Å². The van der Waals surface area contributed by atoms with Crippen molar-refractivity contribution < 1.29 is 14.6 Å². The highest BCUT2D eigenvalue weighted by molar-refractivity contribution is 5.85. The van der Waals surface area contributed by atoms with Crippen LogP contribution in [0.25, 0.3) is 6.08 Å². The lowest BCUT2D eigenvalue weighted by Gasteiger charge is -2.12. The number of carboxylic acid groups (broad SMARTS) is 1. The molecule has 0 saturated carbocycles. The van der Waals surface area contributed by atoms with Crippen molar-refractivity contribution in [3.63, 3.8) is 0 Å². The quantitative estimate of drug-likeness (QED) is 0.776. The first kappa shape index (κ1) is 12.3. The van der Waals surface area contributed by atoms with Crippen LogP contribution in [-0.2, 0) is 4.79 Å². The fraction of sp³-hybridized carbons (Fsp3) is 0.308. The maximum Gasteiger partial charge on any atom is 0.328 e. The molecule has 1 N–H and O–H groups in total. The van der Waals surface area contributed by atoms with E-state index in [9.17, 15) is 4.79 Å². The summed E-state index contributed by atoms with van der Waals surface area (Å²) < 4.78 is 5.60. The Morgan fingerprint density at radius 2 is 2.06 bits per heavy atom. The molecule has 1 atom stereocenters. The van der Waals surface area contributed by atoms with Crippen LogP contribution in [0.5, 0.6) is 5.75 Å². The molecule has 0 heterocycles. The van der Waals surface area contributed by atoms with E-state index in [2.05, 4.69) is 6.92 Å². The molecular formula is C13H16O3. The third kappa shape index (κ3) is 4.17. The SMILES string of the molecule is CCC(C)Oc1ccc(/C=C/C(=O)O)cc1. The minimum atomic E-state index is -0.945. The number of aliphatic carboxylic acids is 1. The van der Waals surface area contributed by atoms with Crippen LogP contribution in [0.15, 0.2) is 30.3 Å². The van der Waals surface area contributed by atoms with Crippen LogP contribution in [0.3, 0.4) is 0 Å². The fourth-order valence-corrected chi connectivity index (χ4v) is 1.14. The maximum absolute atomic E-state index is 10.3. The van der Waals surface area contributed by atoms with Gasteiger partial charge in [-0.1, -0.05) is 19.1 Å². The molecule has 1 unspecified atom stereocenters. The van der Waals surface area contributed by atoms with Gasteiger partial charge in [-0.2, -0.15) is 0 Å². The molecule has 1 rings (SSSR count). The first-order chi connectivity index (χ1) is 7.61. The number of carboxylic acids is 1. The van der Waals surface area contributed by atoms with Gasteiger partial charge in [0.15, 0.2) is 0 Å². The van der Waals surface area contributed by atoms with Crippen LogP contribution in [0.1, 0.15) is 25.8 Å². The highest BCUT2D eigenvalue weighted by Gasteiger charge is 2.00.